The Bertz CT molecular complexity index is 638. The largest absolute Gasteiger partial charge is 0.436 e. The summed E-state index contributed by atoms with van der Waals surface area (Å²) in [7, 11) is 0. The van der Waals surface area contributed by atoms with Crippen LogP contribution >= 0.6 is 15.9 Å². The number of ether oxygens (including phenoxy) is 1. The monoisotopic (exact) mass is 404 g/mol. The Labute approximate surface area is 147 Å². The second kappa shape index (κ2) is 7.04. The number of piperidine rings is 1. The van der Waals surface area contributed by atoms with Gasteiger partial charge in [-0.3, -0.25) is 4.79 Å². The van der Waals surface area contributed by atoms with Crippen molar-refractivity contribution in [2.45, 2.75) is 45.3 Å². The zero-order chi connectivity index (χ0) is 18.1. The van der Waals surface area contributed by atoms with E-state index in [1.54, 1.807) is 20.8 Å². The van der Waals surface area contributed by atoms with Gasteiger partial charge in [-0.25, -0.2) is 13.6 Å². The van der Waals surface area contributed by atoms with E-state index >= 15 is 0 Å². The molecule has 0 saturated carbocycles. The molecule has 1 atom stereocenters. The lowest BCUT2D eigenvalue weighted by Crippen LogP contribution is -2.49. The highest BCUT2D eigenvalue weighted by molar-refractivity contribution is 9.10. The molecule has 0 spiro atoms. The van der Waals surface area contributed by atoms with Gasteiger partial charge in [-0.05, 0) is 45.7 Å². The Balaban J connectivity index is 2.18. The van der Waals surface area contributed by atoms with Crippen LogP contribution in [0.4, 0.5) is 19.3 Å². The van der Waals surface area contributed by atoms with Crippen LogP contribution in [0.2, 0.25) is 0 Å². The van der Waals surface area contributed by atoms with E-state index in [1.165, 1.54) is 0 Å². The van der Waals surface area contributed by atoms with Gasteiger partial charge in [-0.1, -0.05) is 15.9 Å². The minimum Gasteiger partial charge on any atom is -0.436 e. The minimum absolute atomic E-state index is 0.162. The summed E-state index contributed by atoms with van der Waals surface area (Å²) in [5.41, 5.74) is -0.939. The van der Waals surface area contributed by atoms with Crippen LogP contribution in [0.1, 0.15) is 33.6 Å². The number of alkyl carbamates (subject to hydrolysis) is 1. The Kier molecular flexibility index (Phi) is 5.47. The maximum absolute atomic E-state index is 14.1. The van der Waals surface area contributed by atoms with Crippen LogP contribution in [0, 0.1) is 11.6 Å². The first-order chi connectivity index (χ1) is 11.1. The number of carbonyl (C=O) groups excluding carboxylic acids is 2. The van der Waals surface area contributed by atoms with Crippen molar-refractivity contribution in [2.75, 3.05) is 11.4 Å². The predicted molar refractivity (Wildman–Crippen MR) is 88.8 cm³/mol. The smallest absolute Gasteiger partial charge is 0.408 e. The Morgan fingerprint density at radius 1 is 1.33 bits per heavy atom. The molecule has 24 heavy (non-hydrogen) atoms. The van der Waals surface area contributed by atoms with Crippen molar-refractivity contribution in [3.63, 3.8) is 0 Å². The maximum Gasteiger partial charge on any atom is 0.408 e. The Morgan fingerprint density at radius 2 is 1.92 bits per heavy atom. The van der Waals surface area contributed by atoms with Gasteiger partial charge in [0.25, 0.3) is 5.91 Å². The third-order valence-corrected chi connectivity index (χ3v) is 3.83. The van der Waals surface area contributed by atoms with Crippen LogP contribution in [0.5, 0.6) is 0 Å². The van der Waals surface area contributed by atoms with Crippen LogP contribution in [0.15, 0.2) is 16.6 Å². The number of nitrogens with one attached hydrogen (secondary N) is 1. The SMILES string of the molecule is CC(C)(C)NC(=O)O[C@@H]1CCCN(c2c(F)cc(Br)cc2F)C1=O. The summed E-state index contributed by atoms with van der Waals surface area (Å²) in [4.78, 5) is 25.3. The number of benzene rings is 1. The van der Waals surface area contributed by atoms with E-state index in [0.29, 0.717) is 12.8 Å². The van der Waals surface area contributed by atoms with Gasteiger partial charge in [0.05, 0.1) is 0 Å². The van der Waals surface area contributed by atoms with Crippen LogP contribution in [0.25, 0.3) is 0 Å². The molecule has 0 aliphatic carbocycles. The molecule has 0 radical (unpaired) electrons. The van der Waals surface area contributed by atoms with Crippen molar-refractivity contribution in [2.24, 2.45) is 0 Å². The highest BCUT2D eigenvalue weighted by Crippen LogP contribution is 2.30. The molecule has 1 aromatic carbocycles. The van der Waals surface area contributed by atoms with E-state index in [4.69, 9.17) is 4.74 Å². The fourth-order valence-corrected chi connectivity index (χ4v) is 2.83. The molecular formula is C16H19BrF2N2O3. The molecule has 1 aromatic rings. The van der Waals surface area contributed by atoms with Crippen LogP contribution in [-0.2, 0) is 9.53 Å². The van der Waals surface area contributed by atoms with Crippen LogP contribution in [-0.4, -0.2) is 30.2 Å². The van der Waals surface area contributed by atoms with Gasteiger partial charge in [0.2, 0.25) is 0 Å². The fraction of sp³-hybridized carbons (Fsp3) is 0.500. The van der Waals surface area contributed by atoms with Gasteiger partial charge < -0.3 is 15.0 Å². The van der Waals surface area contributed by atoms with Crippen LogP contribution in [0.3, 0.4) is 0 Å². The number of carbonyl (C=O) groups is 2. The molecule has 0 bridgehead atoms. The second-order valence-electron chi connectivity index (χ2n) is 6.62. The average Bonchev–Trinajstić information content (AvgIpc) is 2.39. The number of hydrogen-bond donors (Lipinski definition) is 1. The van der Waals surface area contributed by atoms with E-state index in [1.807, 2.05) is 0 Å². The van der Waals surface area contributed by atoms with Crippen molar-refractivity contribution in [3.05, 3.63) is 28.2 Å². The Hall–Kier alpha value is -1.70. The number of hydrogen-bond acceptors (Lipinski definition) is 3. The molecule has 2 amide bonds. The van der Waals surface area contributed by atoms with Crippen molar-refractivity contribution >= 4 is 33.6 Å². The summed E-state index contributed by atoms with van der Waals surface area (Å²) >= 11 is 3.00. The minimum atomic E-state index is -1.07. The van der Waals surface area contributed by atoms with Gasteiger partial charge >= 0.3 is 6.09 Å². The molecule has 0 aromatic heterocycles. The van der Waals surface area contributed by atoms with Crippen molar-refractivity contribution in [3.8, 4) is 0 Å². The third kappa shape index (κ3) is 4.43. The molecule has 1 N–H and O–H groups in total. The number of rotatable bonds is 2. The standard InChI is InChI=1S/C16H19BrF2N2O3/c1-16(2,3)20-15(23)24-12-5-4-6-21(14(12)22)13-10(18)7-9(17)8-11(13)19/h7-8,12H,4-6H2,1-3H3,(H,20,23)/t12-/m1/s1. The zero-order valence-corrected chi connectivity index (χ0v) is 15.2. The molecular weight excluding hydrogens is 386 g/mol. The van der Waals surface area contributed by atoms with E-state index in [9.17, 15) is 18.4 Å². The number of amides is 2. The molecule has 1 heterocycles. The molecule has 2 rings (SSSR count). The summed E-state index contributed by atoms with van der Waals surface area (Å²) in [6, 6.07) is 2.17. The Morgan fingerprint density at radius 3 is 2.46 bits per heavy atom. The lowest BCUT2D eigenvalue weighted by Gasteiger charge is -2.32. The highest BCUT2D eigenvalue weighted by Gasteiger charge is 2.35. The van der Waals surface area contributed by atoms with E-state index in [2.05, 4.69) is 21.2 Å². The first kappa shape index (κ1) is 18.6. The molecule has 0 unspecified atom stereocenters. The zero-order valence-electron chi connectivity index (χ0n) is 13.7. The number of halogens is 3. The summed E-state index contributed by atoms with van der Waals surface area (Å²) in [5, 5.41) is 2.59. The van der Waals surface area contributed by atoms with E-state index in [-0.39, 0.29) is 11.0 Å². The lowest BCUT2D eigenvalue weighted by atomic mass is 10.1. The van der Waals surface area contributed by atoms with E-state index < -0.39 is 41.0 Å². The highest BCUT2D eigenvalue weighted by atomic mass is 79.9. The normalized spacial score (nSPS) is 18.5. The van der Waals surface area contributed by atoms with Crippen molar-refractivity contribution in [1.82, 2.24) is 5.32 Å². The molecule has 8 heteroatoms. The van der Waals surface area contributed by atoms with E-state index in [0.717, 1.165) is 17.0 Å². The fourth-order valence-electron chi connectivity index (χ4n) is 2.43. The lowest BCUT2D eigenvalue weighted by molar-refractivity contribution is -0.128. The predicted octanol–water partition coefficient (Wildman–Crippen LogP) is 3.75. The summed E-state index contributed by atoms with van der Waals surface area (Å²) in [6.07, 6.45) is -1.02. The second-order valence-corrected chi connectivity index (χ2v) is 7.53. The van der Waals surface area contributed by atoms with Crippen molar-refractivity contribution < 1.29 is 23.1 Å². The maximum atomic E-state index is 14.1. The van der Waals surface area contributed by atoms with Gasteiger partial charge in [-0.2, -0.15) is 0 Å². The molecule has 1 fully saturated rings. The van der Waals surface area contributed by atoms with Gasteiger partial charge in [0.15, 0.2) is 17.7 Å². The first-order valence-corrected chi connectivity index (χ1v) is 8.32. The molecule has 5 nitrogen and oxygen atoms in total. The molecule has 1 aliphatic heterocycles. The summed E-state index contributed by atoms with van der Waals surface area (Å²) < 4.78 is 33.6. The first-order valence-electron chi connectivity index (χ1n) is 7.53. The number of nitrogens with zero attached hydrogens (tertiary/aromatic N) is 1. The van der Waals surface area contributed by atoms with Gasteiger partial charge in [0, 0.05) is 16.6 Å². The van der Waals surface area contributed by atoms with Crippen LogP contribution < -0.4 is 10.2 Å². The molecule has 132 valence electrons. The molecule has 1 aliphatic rings. The summed E-state index contributed by atoms with van der Waals surface area (Å²) in [6.45, 7) is 5.48. The average molecular weight is 405 g/mol. The quantitative estimate of drug-likeness (QED) is 0.816. The van der Waals surface area contributed by atoms with Crippen molar-refractivity contribution in [1.29, 1.82) is 0 Å². The topological polar surface area (TPSA) is 58.6 Å². The molecule has 1 saturated heterocycles. The summed E-state index contributed by atoms with van der Waals surface area (Å²) in [5.74, 6) is -2.34. The third-order valence-electron chi connectivity index (χ3n) is 3.37. The number of anilines is 1. The van der Waals surface area contributed by atoms with Gasteiger partial charge in [-0.15, -0.1) is 0 Å². The van der Waals surface area contributed by atoms with Gasteiger partial charge in [0.1, 0.15) is 5.69 Å².